The number of hydrogen-bond acceptors (Lipinski definition) is 3. The molecule has 0 aliphatic carbocycles. The van der Waals surface area contributed by atoms with Crippen molar-refractivity contribution in [1.29, 1.82) is 0 Å². The fourth-order valence-corrected chi connectivity index (χ4v) is 2.34. The number of rotatable bonds is 5. The fraction of sp³-hybridized carbons (Fsp3) is 0.300. The Morgan fingerprint density at radius 2 is 1.88 bits per heavy atom. The van der Waals surface area contributed by atoms with Crippen molar-refractivity contribution < 1.29 is 13.2 Å². The number of amides is 1. The van der Waals surface area contributed by atoms with E-state index in [4.69, 9.17) is 5.73 Å². The van der Waals surface area contributed by atoms with Crippen LogP contribution >= 0.6 is 0 Å². The third-order valence-corrected chi connectivity index (χ3v) is 3.41. The number of nitrogens with two attached hydrogens (primary N) is 1. The maximum absolute atomic E-state index is 11.4. The molecule has 16 heavy (non-hydrogen) atoms. The van der Waals surface area contributed by atoms with Crippen LogP contribution in [0.5, 0.6) is 0 Å². The molecule has 0 saturated heterocycles. The lowest BCUT2D eigenvalue weighted by molar-refractivity contribution is 0.100. The van der Waals surface area contributed by atoms with Gasteiger partial charge in [-0.15, -0.1) is 0 Å². The highest BCUT2D eigenvalue weighted by Gasteiger charge is 2.08. The molecule has 3 N–H and O–H groups in total. The van der Waals surface area contributed by atoms with Gasteiger partial charge in [-0.3, -0.25) is 9.52 Å². The monoisotopic (exact) mass is 242 g/mol. The zero-order chi connectivity index (χ0) is 12.2. The minimum absolute atomic E-state index is 0.0740. The van der Waals surface area contributed by atoms with Crippen LogP contribution in [0.3, 0.4) is 0 Å². The minimum atomic E-state index is -3.28. The summed E-state index contributed by atoms with van der Waals surface area (Å²) in [5.41, 5.74) is 5.84. The van der Waals surface area contributed by atoms with Crippen molar-refractivity contribution in [1.82, 2.24) is 0 Å². The molecular formula is C10H14N2O3S. The number of benzene rings is 1. The Hall–Kier alpha value is -1.56. The highest BCUT2D eigenvalue weighted by atomic mass is 32.2. The number of primary amides is 1. The molecule has 1 amide bonds. The Bertz CT molecular complexity index is 465. The summed E-state index contributed by atoms with van der Waals surface area (Å²) >= 11 is 0. The Labute approximate surface area is 94.7 Å². The van der Waals surface area contributed by atoms with Crippen LogP contribution in [0.2, 0.25) is 0 Å². The van der Waals surface area contributed by atoms with E-state index in [9.17, 15) is 13.2 Å². The molecule has 1 aromatic rings. The third kappa shape index (κ3) is 3.54. The maximum atomic E-state index is 11.4. The molecule has 0 unspecified atom stereocenters. The van der Waals surface area contributed by atoms with Gasteiger partial charge in [0.1, 0.15) is 0 Å². The van der Waals surface area contributed by atoms with Crippen LogP contribution in [0.25, 0.3) is 0 Å². The smallest absolute Gasteiger partial charge is 0.248 e. The highest BCUT2D eigenvalue weighted by molar-refractivity contribution is 7.92. The number of carbonyl (C=O) groups is 1. The molecule has 0 radical (unpaired) electrons. The highest BCUT2D eigenvalue weighted by Crippen LogP contribution is 2.11. The Morgan fingerprint density at radius 1 is 1.31 bits per heavy atom. The number of sulfonamides is 1. The van der Waals surface area contributed by atoms with Gasteiger partial charge in [0.2, 0.25) is 15.9 Å². The fourth-order valence-electron chi connectivity index (χ4n) is 1.20. The van der Waals surface area contributed by atoms with Gasteiger partial charge in [0.15, 0.2) is 0 Å². The molecule has 0 atom stereocenters. The number of carbonyl (C=O) groups excluding carboxylic acids is 1. The van der Waals surface area contributed by atoms with E-state index in [1.165, 1.54) is 24.3 Å². The first-order valence-electron chi connectivity index (χ1n) is 4.85. The average molecular weight is 242 g/mol. The Balaban J connectivity index is 2.80. The SMILES string of the molecule is CCCS(=O)(=O)Nc1ccc(C(N)=O)cc1. The summed E-state index contributed by atoms with van der Waals surface area (Å²) < 4.78 is 25.2. The predicted molar refractivity (Wildman–Crippen MR) is 62.7 cm³/mol. The summed E-state index contributed by atoms with van der Waals surface area (Å²) in [6, 6.07) is 5.97. The first-order valence-corrected chi connectivity index (χ1v) is 6.50. The van der Waals surface area contributed by atoms with Crippen LogP contribution in [-0.4, -0.2) is 20.1 Å². The van der Waals surface area contributed by atoms with Gasteiger partial charge in [-0.25, -0.2) is 8.42 Å². The average Bonchev–Trinajstić information content (AvgIpc) is 2.17. The van der Waals surface area contributed by atoms with Crippen LogP contribution in [0, 0.1) is 0 Å². The second-order valence-corrected chi connectivity index (χ2v) is 5.20. The molecule has 0 bridgehead atoms. The van der Waals surface area contributed by atoms with E-state index < -0.39 is 15.9 Å². The van der Waals surface area contributed by atoms with Crippen LogP contribution in [-0.2, 0) is 10.0 Å². The number of anilines is 1. The first-order chi connectivity index (χ1) is 7.44. The first kappa shape index (κ1) is 12.5. The zero-order valence-electron chi connectivity index (χ0n) is 8.93. The lowest BCUT2D eigenvalue weighted by Crippen LogP contribution is -2.16. The molecule has 1 rings (SSSR count). The van der Waals surface area contributed by atoms with Gasteiger partial charge in [-0.2, -0.15) is 0 Å². The Morgan fingerprint density at radius 3 is 2.31 bits per heavy atom. The van der Waals surface area contributed by atoms with Crippen molar-refractivity contribution in [3.63, 3.8) is 0 Å². The Kier molecular flexibility index (Phi) is 3.89. The van der Waals surface area contributed by atoms with E-state index in [1.54, 1.807) is 6.92 Å². The summed E-state index contributed by atoms with van der Waals surface area (Å²) in [6.07, 6.45) is 0.550. The lowest BCUT2D eigenvalue weighted by Gasteiger charge is -2.06. The topological polar surface area (TPSA) is 89.3 Å². The summed E-state index contributed by atoms with van der Waals surface area (Å²) in [5.74, 6) is -0.465. The van der Waals surface area contributed by atoms with Gasteiger partial charge in [0.25, 0.3) is 0 Å². The standard InChI is InChI=1S/C10H14N2O3S/c1-2-7-16(14,15)12-9-5-3-8(4-6-9)10(11)13/h3-6,12H,2,7H2,1H3,(H2,11,13). The second kappa shape index (κ2) is 4.98. The molecule has 0 aliphatic heterocycles. The van der Waals surface area contributed by atoms with Crippen LogP contribution in [0.15, 0.2) is 24.3 Å². The van der Waals surface area contributed by atoms with E-state index in [2.05, 4.69) is 4.72 Å². The van der Waals surface area contributed by atoms with Crippen LogP contribution in [0.4, 0.5) is 5.69 Å². The summed E-state index contributed by atoms with van der Waals surface area (Å²) in [7, 11) is -3.28. The number of nitrogens with one attached hydrogen (secondary N) is 1. The van der Waals surface area contributed by atoms with E-state index >= 15 is 0 Å². The summed E-state index contributed by atoms with van der Waals surface area (Å²) in [6.45, 7) is 1.79. The van der Waals surface area contributed by atoms with Gasteiger partial charge in [0, 0.05) is 11.3 Å². The minimum Gasteiger partial charge on any atom is -0.366 e. The van der Waals surface area contributed by atoms with Crippen molar-refractivity contribution in [3.05, 3.63) is 29.8 Å². The zero-order valence-corrected chi connectivity index (χ0v) is 9.75. The van der Waals surface area contributed by atoms with Gasteiger partial charge in [0.05, 0.1) is 5.75 Å². The molecule has 1 aromatic carbocycles. The van der Waals surface area contributed by atoms with Crippen LogP contribution in [0.1, 0.15) is 23.7 Å². The third-order valence-electron chi connectivity index (χ3n) is 1.92. The van der Waals surface area contributed by atoms with Crippen LogP contribution < -0.4 is 10.5 Å². The molecule has 5 nitrogen and oxygen atoms in total. The van der Waals surface area contributed by atoms with Crippen molar-refractivity contribution >= 4 is 21.6 Å². The van der Waals surface area contributed by atoms with Gasteiger partial charge >= 0.3 is 0 Å². The molecule has 0 fully saturated rings. The molecule has 0 heterocycles. The van der Waals surface area contributed by atoms with Gasteiger partial charge in [-0.05, 0) is 30.7 Å². The summed E-state index contributed by atoms with van der Waals surface area (Å²) in [4.78, 5) is 10.8. The molecule has 0 aromatic heterocycles. The molecule has 6 heteroatoms. The molecule has 88 valence electrons. The lowest BCUT2D eigenvalue weighted by atomic mass is 10.2. The quantitative estimate of drug-likeness (QED) is 0.805. The summed E-state index contributed by atoms with van der Waals surface area (Å²) in [5, 5.41) is 0. The molecule has 0 spiro atoms. The van der Waals surface area contributed by atoms with Crippen molar-refractivity contribution in [2.75, 3.05) is 10.5 Å². The van der Waals surface area contributed by atoms with Gasteiger partial charge in [-0.1, -0.05) is 6.92 Å². The van der Waals surface area contributed by atoms with Gasteiger partial charge < -0.3 is 5.73 Å². The van der Waals surface area contributed by atoms with Crippen molar-refractivity contribution in [3.8, 4) is 0 Å². The van der Waals surface area contributed by atoms with E-state index in [1.807, 2.05) is 0 Å². The predicted octanol–water partition coefficient (Wildman–Crippen LogP) is 0.937. The van der Waals surface area contributed by atoms with E-state index in [-0.39, 0.29) is 5.75 Å². The van der Waals surface area contributed by atoms with E-state index in [0.717, 1.165) is 0 Å². The normalized spacial score (nSPS) is 11.1. The molecule has 0 saturated carbocycles. The molecular weight excluding hydrogens is 228 g/mol. The largest absolute Gasteiger partial charge is 0.366 e. The number of hydrogen-bond donors (Lipinski definition) is 2. The van der Waals surface area contributed by atoms with E-state index in [0.29, 0.717) is 17.7 Å². The molecule has 0 aliphatic rings. The maximum Gasteiger partial charge on any atom is 0.248 e. The van der Waals surface area contributed by atoms with Crippen molar-refractivity contribution in [2.24, 2.45) is 5.73 Å². The van der Waals surface area contributed by atoms with Crippen molar-refractivity contribution in [2.45, 2.75) is 13.3 Å². The second-order valence-electron chi connectivity index (χ2n) is 3.36.